The van der Waals surface area contributed by atoms with Gasteiger partial charge in [0.2, 0.25) is 5.72 Å². The fourth-order valence-corrected chi connectivity index (χ4v) is 4.78. The molecule has 1 N–H and O–H groups in total. The summed E-state index contributed by atoms with van der Waals surface area (Å²) in [5, 5.41) is 5.76. The molecule has 4 aromatic rings. The Hall–Kier alpha value is -3.92. The second-order valence-corrected chi connectivity index (χ2v) is 8.93. The number of carbonyl (C=O) groups is 1. The number of fused-ring (bicyclic) bond motifs is 4. The molecular formula is C28H22N2O2. The van der Waals surface area contributed by atoms with E-state index in [9.17, 15) is 4.79 Å². The molecule has 0 aromatic heterocycles. The van der Waals surface area contributed by atoms with Crippen LogP contribution < -0.4 is 10.1 Å². The van der Waals surface area contributed by atoms with Crippen LogP contribution in [0.25, 0.3) is 10.8 Å². The molecule has 2 heterocycles. The van der Waals surface area contributed by atoms with Crippen molar-refractivity contribution in [1.82, 2.24) is 0 Å². The van der Waals surface area contributed by atoms with Crippen molar-refractivity contribution < 1.29 is 9.53 Å². The van der Waals surface area contributed by atoms with Crippen molar-refractivity contribution in [2.75, 3.05) is 5.32 Å². The van der Waals surface area contributed by atoms with Gasteiger partial charge in [-0.2, -0.15) is 0 Å². The van der Waals surface area contributed by atoms with Gasteiger partial charge in [0.05, 0.1) is 11.6 Å². The highest BCUT2D eigenvalue weighted by atomic mass is 16.5. The molecule has 0 saturated heterocycles. The maximum absolute atomic E-state index is 13.0. The van der Waals surface area contributed by atoms with Crippen LogP contribution in [0.15, 0.2) is 89.9 Å². The number of benzene rings is 4. The predicted molar refractivity (Wildman–Crippen MR) is 128 cm³/mol. The van der Waals surface area contributed by atoms with E-state index in [4.69, 9.17) is 9.73 Å². The molecule has 1 unspecified atom stereocenters. The Kier molecular flexibility index (Phi) is 3.84. The number of ketones is 1. The molecule has 4 heteroatoms. The minimum atomic E-state index is -0.834. The summed E-state index contributed by atoms with van der Waals surface area (Å²) >= 11 is 0. The smallest absolute Gasteiger partial charge is 0.226 e. The van der Waals surface area contributed by atoms with Gasteiger partial charge in [-0.05, 0) is 49.1 Å². The van der Waals surface area contributed by atoms with Crippen LogP contribution in [0.1, 0.15) is 35.3 Å². The van der Waals surface area contributed by atoms with Crippen LogP contribution in [0, 0.1) is 0 Å². The molecule has 2 aliphatic rings. The highest BCUT2D eigenvalue weighted by molar-refractivity contribution is 6.09. The number of carbonyl (C=O) groups excluding carboxylic acids is 1. The van der Waals surface area contributed by atoms with Gasteiger partial charge in [-0.3, -0.25) is 9.79 Å². The first-order valence-corrected chi connectivity index (χ1v) is 10.8. The Morgan fingerprint density at radius 1 is 0.875 bits per heavy atom. The Bertz CT molecular complexity index is 1420. The van der Waals surface area contributed by atoms with E-state index in [1.165, 1.54) is 0 Å². The van der Waals surface area contributed by atoms with E-state index >= 15 is 0 Å². The van der Waals surface area contributed by atoms with Crippen molar-refractivity contribution in [2.24, 2.45) is 4.99 Å². The predicted octanol–water partition coefficient (Wildman–Crippen LogP) is 6.27. The standard InChI is InChI=1S/C28H22N2O2/c1-27(2)22-16-20(26(31)19-9-4-3-5-10-19)12-14-23(22)30-28(27)17-29-25-21-11-7-6-8-18(21)13-15-24(25)32-28/h3-17,30H,1-2H3. The minimum absolute atomic E-state index is 0.0141. The SMILES string of the molecule is CC1(C)c2cc(C(=O)c3ccccc3)ccc2NC12C=Nc1c(ccc3ccccc13)O2. The molecule has 6 rings (SSSR count). The molecule has 0 amide bonds. The number of nitrogens with zero attached hydrogens (tertiary/aromatic N) is 1. The fraction of sp³-hybridized carbons (Fsp3) is 0.143. The number of hydrogen-bond donors (Lipinski definition) is 1. The molecule has 0 bridgehead atoms. The zero-order valence-electron chi connectivity index (χ0n) is 17.9. The van der Waals surface area contributed by atoms with Crippen molar-refractivity contribution in [1.29, 1.82) is 0 Å². The lowest BCUT2D eigenvalue weighted by molar-refractivity contribution is 0.103. The van der Waals surface area contributed by atoms with Gasteiger partial charge in [-0.25, -0.2) is 0 Å². The molecule has 0 fully saturated rings. The molecule has 2 aliphatic heterocycles. The van der Waals surface area contributed by atoms with Gasteiger partial charge in [-0.1, -0.05) is 60.7 Å². The Morgan fingerprint density at radius 2 is 1.66 bits per heavy atom. The maximum atomic E-state index is 13.0. The monoisotopic (exact) mass is 418 g/mol. The molecule has 4 nitrogen and oxygen atoms in total. The Labute approximate surface area is 186 Å². The number of nitrogens with one attached hydrogen (secondary N) is 1. The van der Waals surface area contributed by atoms with Crippen molar-refractivity contribution in [3.63, 3.8) is 0 Å². The number of rotatable bonds is 2. The van der Waals surface area contributed by atoms with Gasteiger partial charge in [0.15, 0.2) is 5.78 Å². The second kappa shape index (κ2) is 6.54. The van der Waals surface area contributed by atoms with Crippen LogP contribution in [0.3, 0.4) is 0 Å². The summed E-state index contributed by atoms with van der Waals surface area (Å²) in [6, 6.07) is 27.4. The van der Waals surface area contributed by atoms with E-state index in [1.54, 1.807) is 0 Å². The van der Waals surface area contributed by atoms with Crippen molar-refractivity contribution in [3.05, 3.63) is 102 Å². The van der Waals surface area contributed by atoms with E-state index in [-0.39, 0.29) is 5.78 Å². The molecule has 32 heavy (non-hydrogen) atoms. The lowest BCUT2D eigenvalue weighted by Gasteiger charge is -2.40. The molecule has 0 radical (unpaired) electrons. The first-order chi connectivity index (χ1) is 15.5. The summed E-state index contributed by atoms with van der Waals surface area (Å²) in [6.45, 7) is 4.25. The summed E-state index contributed by atoms with van der Waals surface area (Å²) in [4.78, 5) is 17.9. The highest BCUT2D eigenvalue weighted by Crippen LogP contribution is 2.51. The molecule has 0 saturated carbocycles. The van der Waals surface area contributed by atoms with E-state index in [2.05, 4.69) is 37.4 Å². The van der Waals surface area contributed by atoms with E-state index in [0.29, 0.717) is 11.1 Å². The third-order valence-corrected chi connectivity index (χ3v) is 6.75. The summed E-state index contributed by atoms with van der Waals surface area (Å²) in [5.74, 6) is 0.764. The maximum Gasteiger partial charge on any atom is 0.226 e. The lowest BCUT2D eigenvalue weighted by atomic mass is 9.77. The van der Waals surface area contributed by atoms with Gasteiger partial charge in [0, 0.05) is 22.2 Å². The van der Waals surface area contributed by atoms with E-state index in [1.807, 2.05) is 72.9 Å². The second-order valence-electron chi connectivity index (χ2n) is 8.93. The quantitative estimate of drug-likeness (QED) is 0.391. The van der Waals surface area contributed by atoms with E-state index < -0.39 is 11.1 Å². The van der Waals surface area contributed by atoms with Crippen LogP contribution in [0.5, 0.6) is 5.75 Å². The highest BCUT2D eigenvalue weighted by Gasteiger charge is 2.55. The molecule has 1 atom stereocenters. The lowest BCUT2D eigenvalue weighted by Crippen LogP contribution is -2.56. The topological polar surface area (TPSA) is 50.7 Å². The van der Waals surface area contributed by atoms with Crippen molar-refractivity contribution in [3.8, 4) is 5.75 Å². The zero-order valence-corrected chi connectivity index (χ0v) is 17.9. The first-order valence-electron chi connectivity index (χ1n) is 10.8. The summed E-state index contributed by atoms with van der Waals surface area (Å²) in [6.07, 6.45) is 1.88. The largest absolute Gasteiger partial charge is 0.460 e. The summed E-state index contributed by atoms with van der Waals surface area (Å²) < 4.78 is 6.63. The van der Waals surface area contributed by atoms with Crippen LogP contribution in [0.2, 0.25) is 0 Å². The number of hydrogen-bond acceptors (Lipinski definition) is 4. The molecule has 0 aliphatic carbocycles. The van der Waals surface area contributed by atoms with Gasteiger partial charge in [0.1, 0.15) is 11.4 Å². The van der Waals surface area contributed by atoms with Crippen LogP contribution >= 0.6 is 0 Å². The Balaban J connectivity index is 1.41. The number of aliphatic imine (C=N–C) groups is 1. The van der Waals surface area contributed by atoms with Crippen LogP contribution in [0.4, 0.5) is 11.4 Å². The third-order valence-electron chi connectivity index (χ3n) is 6.75. The molecule has 156 valence electrons. The van der Waals surface area contributed by atoms with Crippen molar-refractivity contribution >= 4 is 34.1 Å². The summed E-state index contributed by atoms with van der Waals surface area (Å²) in [7, 11) is 0. The average molecular weight is 418 g/mol. The molecule has 1 spiro atoms. The molecule has 4 aromatic carbocycles. The Morgan fingerprint density at radius 3 is 2.50 bits per heavy atom. The molecular weight excluding hydrogens is 396 g/mol. The van der Waals surface area contributed by atoms with E-state index in [0.717, 1.165) is 33.5 Å². The number of anilines is 1. The minimum Gasteiger partial charge on any atom is -0.460 e. The van der Waals surface area contributed by atoms with Gasteiger partial charge in [-0.15, -0.1) is 0 Å². The van der Waals surface area contributed by atoms with Crippen molar-refractivity contribution in [2.45, 2.75) is 25.0 Å². The van der Waals surface area contributed by atoms with Gasteiger partial charge < -0.3 is 10.1 Å². The zero-order chi connectivity index (χ0) is 21.9. The van der Waals surface area contributed by atoms with Gasteiger partial charge in [0.25, 0.3) is 0 Å². The third kappa shape index (κ3) is 2.56. The normalized spacial score (nSPS) is 19.8. The van der Waals surface area contributed by atoms with Gasteiger partial charge >= 0.3 is 0 Å². The fourth-order valence-electron chi connectivity index (χ4n) is 4.78. The van der Waals surface area contributed by atoms with Crippen LogP contribution in [-0.2, 0) is 5.41 Å². The average Bonchev–Trinajstić information content (AvgIpc) is 3.04. The first kappa shape index (κ1) is 18.8. The van der Waals surface area contributed by atoms with Crippen LogP contribution in [-0.4, -0.2) is 17.7 Å². The summed E-state index contributed by atoms with van der Waals surface area (Å²) in [5.41, 5.74) is 2.90. The number of ether oxygens (including phenoxy) is 1.